The van der Waals surface area contributed by atoms with Crippen LogP contribution in [0.15, 0.2) is 54.7 Å². The zero-order chi connectivity index (χ0) is 21.9. The van der Waals surface area contributed by atoms with Crippen molar-refractivity contribution in [3.05, 3.63) is 71.7 Å². The SMILES string of the molecule is CCCCNCCCc1ccc2c(c1)Cn1cc(-c3ccc(F)cc3)cc1-c1nnnn1-2. The monoisotopic (exact) mass is 430 g/mol. The molecule has 164 valence electrons. The van der Waals surface area contributed by atoms with E-state index in [1.54, 1.807) is 12.1 Å². The predicted molar refractivity (Wildman–Crippen MR) is 123 cm³/mol. The third-order valence-corrected chi connectivity index (χ3v) is 6.01. The van der Waals surface area contributed by atoms with E-state index in [0.29, 0.717) is 5.82 Å². The lowest BCUT2D eigenvalue weighted by atomic mass is 10.0. The van der Waals surface area contributed by atoms with Gasteiger partial charge in [-0.2, -0.15) is 4.68 Å². The topological polar surface area (TPSA) is 60.6 Å². The maximum absolute atomic E-state index is 13.4. The Bertz CT molecular complexity index is 1210. The summed E-state index contributed by atoms with van der Waals surface area (Å²) in [6, 6.07) is 15.2. The van der Waals surface area contributed by atoms with Crippen LogP contribution in [0.2, 0.25) is 0 Å². The van der Waals surface area contributed by atoms with Crippen LogP contribution in [0.1, 0.15) is 37.3 Å². The molecule has 1 aliphatic heterocycles. The van der Waals surface area contributed by atoms with Gasteiger partial charge in [0.2, 0.25) is 5.82 Å². The van der Waals surface area contributed by atoms with Gasteiger partial charge in [-0.3, -0.25) is 0 Å². The molecule has 3 heterocycles. The second kappa shape index (κ2) is 9.04. The minimum atomic E-state index is -0.236. The van der Waals surface area contributed by atoms with Gasteiger partial charge < -0.3 is 9.88 Å². The molecule has 0 radical (unpaired) electrons. The molecule has 6 nitrogen and oxygen atoms in total. The summed E-state index contributed by atoms with van der Waals surface area (Å²) < 4.78 is 17.4. The normalized spacial score (nSPS) is 12.2. The second-order valence-corrected chi connectivity index (χ2v) is 8.33. The summed E-state index contributed by atoms with van der Waals surface area (Å²) >= 11 is 0. The first kappa shape index (κ1) is 20.6. The van der Waals surface area contributed by atoms with Gasteiger partial charge in [-0.25, -0.2) is 4.39 Å². The third kappa shape index (κ3) is 4.08. The van der Waals surface area contributed by atoms with Crippen LogP contribution < -0.4 is 5.32 Å². The summed E-state index contributed by atoms with van der Waals surface area (Å²) in [5.74, 6) is 0.477. The van der Waals surface area contributed by atoms with Gasteiger partial charge in [0.25, 0.3) is 0 Å². The van der Waals surface area contributed by atoms with E-state index in [0.717, 1.165) is 55.0 Å². The molecule has 5 rings (SSSR count). The Labute approximate surface area is 187 Å². The summed E-state index contributed by atoms with van der Waals surface area (Å²) in [6.45, 7) is 5.07. The van der Waals surface area contributed by atoms with E-state index in [1.807, 2.05) is 4.68 Å². The molecule has 0 fully saturated rings. The first-order valence-electron chi connectivity index (χ1n) is 11.3. The average Bonchev–Trinajstić information content (AvgIpc) is 3.42. The molecule has 4 aromatic rings. The summed E-state index contributed by atoms with van der Waals surface area (Å²) in [4.78, 5) is 0. The predicted octanol–water partition coefficient (Wildman–Crippen LogP) is 4.62. The molecule has 0 unspecified atom stereocenters. The van der Waals surface area contributed by atoms with Crippen molar-refractivity contribution in [1.82, 2.24) is 30.1 Å². The average molecular weight is 431 g/mol. The highest BCUT2D eigenvalue weighted by molar-refractivity contribution is 5.71. The molecule has 2 aromatic carbocycles. The van der Waals surface area contributed by atoms with Gasteiger partial charge in [0.1, 0.15) is 5.82 Å². The van der Waals surface area contributed by atoms with Gasteiger partial charge in [0.05, 0.1) is 11.4 Å². The molecule has 7 heteroatoms. The molecule has 0 amide bonds. The zero-order valence-electron chi connectivity index (χ0n) is 18.3. The molecule has 1 aliphatic rings. The Morgan fingerprint density at radius 2 is 1.84 bits per heavy atom. The fraction of sp³-hybridized carbons (Fsp3) is 0.320. The van der Waals surface area contributed by atoms with Crippen LogP contribution in [0.4, 0.5) is 4.39 Å². The standard InChI is InChI=1S/C25H27FN6/c1-2-3-12-27-13-4-5-18-6-11-23-21(14-18)17-31-16-20(19-7-9-22(26)10-8-19)15-24(31)25-28-29-30-32(23)25/h6-11,14-16,27H,2-5,12-13,17H2,1H3. The molecular formula is C25H27FN6. The van der Waals surface area contributed by atoms with Crippen molar-refractivity contribution in [2.24, 2.45) is 0 Å². The van der Waals surface area contributed by atoms with Gasteiger partial charge in [0, 0.05) is 18.3 Å². The molecule has 0 spiro atoms. The summed E-state index contributed by atoms with van der Waals surface area (Å²) in [6.07, 6.45) is 6.70. The highest BCUT2D eigenvalue weighted by Crippen LogP contribution is 2.33. The van der Waals surface area contributed by atoms with Crippen molar-refractivity contribution in [3.8, 4) is 28.3 Å². The largest absolute Gasteiger partial charge is 0.340 e. The van der Waals surface area contributed by atoms with Crippen molar-refractivity contribution in [2.45, 2.75) is 39.2 Å². The molecule has 32 heavy (non-hydrogen) atoms. The minimum Gasteiger partial charge on any atom is -0.340 e. The summed E-state index contributed by atoms with van der Waals surface area (Å²) in [7, 11) is 0. The van der Waals surface area contributed by atoms with Crippen LogP contribution in [0.25, 0.3) is 28.3 Å². The summed E-state index contributed by atoms with van der Waals surface area (Å²) in [5.41, 5.74) is 6.47. The van der Waals surface area contributed by atoms with Crippen molar-refractivity contribution >= 4 is 0 Å². The Kier molecular flexibility index (Phi) is 5.81. The van der Waals surface area contributed by atoms with Crippen molar-refractivity contribution < 1.29 is 4.39 Å². The van der Waals surface area contributed by atoms with E-state index in [9.17, 15) is 4.39 Å². The van der Waals surface area contributed by atoms with E-state index in [1.165, 1.54) is 36.1 Å². The minimum absolute atomic E-state index is 0.236. The van der Waals surface area contributed by atoms with Crippen LogP contribution in [0, 0.1) is 5.82 Å². The van der Waals surface area contributed by atoms with Crippen LogP contribution in [-0.2, 0) is 13.0 Å². The lowest BCUT2D eigenvalue weighted by molar-refractivity contribution is 0.616. The number of halogens is 1. The van der Waals surface area contributed by atoms with E-state index in [2.05, 4.69) is 62.8 Å². The number of hydrogen-bond acceptors (Lipinski definition) is 4. The molecule has 0 atom stereocenters. The number of fused-ring (bicyclic) bond motifs is 5. The van der Waals surface area contributed by atoms with Crippen LogP contribution in [-0.4, -0.2) is 37.9 Å². The quantitative estimate of drug-likeness (QED) is 0.365. The number of aromatic nitrogens is 5. The number of rotatable bonds is 8. The Balaban J connectivity index is 1.42. The molecule has 1 N–H and O–H groups in total. The number of unbranched alkanes of at least 4 members (excludes halogenated alkanes) is 1. The maximum Gasteiger partial charge on any atom is 0.203 e. The van der Waals surface area contributed by atoms with Gasteiger partial charge in [0.15, 0.2) is 0 Å². The lowest BCUT2D eigenvalue weighted by Crippen LogP contribution is -2.17. The number of nitrogens with one attached hydrogen (secondary N) is 1. The number of benzene rings is 2. The van der Waals surface area contributed by atoms with Gasteiger partial charge in [-0.15, -0.1) is 5.10 Å². The van der Waals surface area contributed by atoms with Gasteiger partial charge in [-0.1, -0.05) is 37.6 Å². The van der Waals surface area contributed by atoms with Crippen LogP contribution in [0.5, 0.6) is 0 Å². The van der Waals surface area contributed by atoms with Crippen molar-refractivity contribution in [3.63, 3.8) is 0 Å². The fourth-order valence-corrected chi connectivity index (χ4v) is 4.29. The molecule has 0 bridgehead atoms. The van der Waals surface area contributed by atoms with Crippen molar-refractivity contribution in [1.29, 1.82) is 0 Å². The van der Waals surface area contributed by atoms with E-state index in [4.69, 9.17) is 0 Å². The Morgan fingerprint density at radius 3 is 2.69 bits per heavy atom. The van der Waals surface area contributed by atoms with Gasteiger partial charge in [-0.05, 0) is 83.7 Å². The Morgan fingerprint density at radius 1 is 1.00 bits per heavy atom. The summed E-state index contributed by atoms with van der Waals surface area (Å²) in [5, 5.41) is 16.0. The van der Waals surface area contributed by atoms with Crippen molar-refractivity contribution in [2.75, 3.05) is 13.1 Å². The zero-order valence-corrected chi connectivity index (χ0v) is 18.3. The van der Waals surface area contributed by atoms with Gasteiger partial charge >= 0.3 is 0 Å². The molecular weight excluding hydrogens is 403 g/mol. The van der Waals surface area contributed by atoms with Crippen LogP contribution in [0.3, 0.4) is 0 Å². The third-order valence-electron chi connectivity index (χ3n) is 6.01. The highest BCUT2D eigenvalue weighted by Gasteiger charge is 2.23. The lowest BCUT2D eigenvalue weighted by Gasteiger charge is -2.11. The van der Waals surface area contributed by atoms with E-state index < -0.39 is 0 Å². The Hall–Kier alpha value is -3.32. The van der Waals surface area contributed by atoms with E-state index in [-0.39, 0.29) is 5.82 Å². The number of hydrogen-bond donors (Lipinski definition) is 1. The second-order valence-electron chi connectivity index (χ2n) is 8.33. The smallest absolute Gasteiger partial charge is 0.203 e. The van der Waals surface area contributed by atoms with Crippen LogP contribution >= 0.6 is 0 Å². The first-order chi connectivity index (χ1) is 15.7. The number of aryl methyl sites for hydroxylation is 1. The fourth-order valence-electron chi connectivity index (χ4n) is 4.29. The maximum atomic E-state index is 13.4. The molecule has 0 saturated carbocycles. The highest BCUT2D eigenvalue weighted by atomic mass is 19.1. The number of tetrazole rings is 1. The molecule has 2 aromatic heterocycles. The van der Waals surface area contributed by atoms with E-state index >= 15 is 0 Å². The first-order valence-corrected chi connectivity index (χ1v) is 11.3. The molecule has 0 saturated heterocycles. The molecule has 0 aliphatic carbocycles. The number of nitrogens with zero attached hydrogens (tertiary/aromatic N) is 5.